The Morgan fingerprint density at radius 2 is 2.11 bits per heavy atom. The van der Waals surface area contributed by atoms with Gasteiger partial charge in [-0.25, -0.2) is 0 Å². The smallest absolute Gasteiger partial charge is 0.245 e. The highest BCUT2D eigenvalue weighted by Gasteiger charge is 2.34. The molecule has 2 aliphatic rings. The first-order valence-corrected chi connectivity index (χ1v) is 7.18. The van der Waals surface area contributed by atoms with Crippen LogP contribution in [0.25, 0.3) is 0 Å². The SMILES string of the molecule is CCCC1NC(=O)CN(CC2CCC(C)C2)C1=O. The highest BCUT2D eigenvalue weighted by Crippen LogP contribution is 2.31. The average molecular weight is 252 g/mol. The topological polar surface area (TPSA) is 49.4 Å². The maximum absolute atomic E-state index is 12.2. The Kier molecular flexibility index (Phi) is 4.25. The maximum atomic E-state index is 12.2. The van der Waals surface area contributed by atoms with Crippen LogP contribution in [-0.2, 0) is 9.59 Å². The average Bonchev–Trinajstić information content (AvgIpc) is 2.71. The number of amides is 2. The lowest BCUT2D eigenvalue weighted by atomic mass is 10.0. The number of hydrogen-bond donors (Lipinski definition) is 1. The second-order valence-electron chi connectivity index (χ2n) is 5.91. The molecule has 1 N–H and O–H groups in total. The summed E-state index contributed by atoms with van der Waals surface area (Å²) in [7, 11) is 0. The number of nitrogens with one attached hydrogen (secondary N) is 1. The molecule has 1 saturated carbocycles. The molecule has 1 heterocycles. The van der Waals surface area contributed by atoms with Crippen molar-refractivity contribution < 1.29 is 9.59 Å². The van der Waals surface area contributed by atoms with Gasteiger partial charge in [0.15, 0.2) is 0 Å². The van der Waals surface area contributed by atoms with Crippen LogP contribution in [0, 0.1) is 11.8 Å². The van der Waals surface area contributed by atoms with Crippen LogP contribution >= 0.6 is 0 Å². The second-order valence-corrected chi connectivity index (χ2v) is 5.91. The molecule has 0 aromatic rings. The predicted octanol–water partition coefficient (Wildman–Crippen LogP) is 1.55. The van der Waals surface area contributed by atoms with Crippen LogP contribution < -0.4 is 5.32 Å². The summed E-state index contributed by atoms with van der Waals surface area (Å²) in [5.41, 5.74) is 0. The highest BCUT2D eigenvalue weighted by atomic mass is 16.2. The quantitative estimate of drug-likeness (QED) is 0.825. The lowest BCUT2D eigenvalue weighted by Gasteiger charge is -2.34. The molecule has 0 spiro atoms. The molecular weight excluding hydrogens is 228 g/mol. The summed E-state index contributed by atoms with van der Waals surface area (Å²) in [5.74, 6) is 1.49. The van der Waals surface area contributed by atoms with E-state index in [9.17, 15) is 9.59 Å². The Labute approximate surface area is 109 Å². The van der Waals surface area contributed by atoms with Crippen LogP contribution in [0.5, 0.6) is 0 Å². The van der Waals surface area contributed by atoms with Crippen molar-refractivity contribution in [3.8, 4) is 0 Å². The lowest BCUT2D eigenvalue weighted by Crippen LogP contribution is -2.58. The van der Waals surface area contributed by atoms with Crippen molar-refractivity contribution in [2.45, 2.75) is 52.0 Å². The zero-order valence-electron chi connectivity index (χ0n) is 11.4. The number of carbonyl (C=O) groups excluding carboxylic acids is 2. The molecule has 18 heavy (non-hydrogen) atoms. The summed E-state index contributed by atoms with van der Waals surface area (Å²) < 4.78 is 0. The van der Waals surface area contributed by atoms with Crippen molar-refractivity contribution in [1.29, 1.82) is 0 Å². The second kappa shape index (κ2) is 5.72. The Bertz CT molecular complexity index is 330. The van der Waals surface area contributed by atoms with E-state index in [1.165, 1.54) is 19.3 Å². The van der Waals surface area contributed by atoms with Gasteiger partial charge in [-0.3, -0.25) is 9.59 Å². The van der Waals surface area contributed by atoms with Gasteiger partial charge in [-0.1, -0.05) is 26.7 Å². The van der Waals surface area contributed by atoms with E-state index in [1.54, 1.807) is 4.90 Å². The number of piperazine rings is 1. The van der Waals surface area contributed by atoms with Crippen LogP contribution in [0.2, 0.25) is 0 Å². The van der Waals surface area contributed by atoms with Crippen molar-refractivity contribution in [2.75, 3.05) is 13.1 Å². The molecule has 3 atom stereocenters. The third kappa shape index (κ3) is 3.03. The van der Waals surface area contributed by atoms with Gasteiger partial charge in [-0.2, -0.15) is 0 Å². The zero-order chi connectivity index (χ0) is 13.1. The molecule has 2 amide bonds. The summed E-state index contributed by atoms with van der Waals surface area (Å²) in [5, 5.41) is 2.80. The molecule has 4 heteroatoms. The molecule has 0 radical (unpaired) electrons. The molecule has 0 bridgehead atoms. The molecule has 1 aliphatic heterocycles. The van der Waals surface area contributed by atoms with Crippen LogP contribution in [0.4, 0.5) is 0 Å². The van der Waals surface area contributed by atoms with Crippen LogP contribution in [-0.4, -0.2) is 35.8 Å². The minimum atomic E-state index is -0.282. The fraction of sp³-hybridized carbons (Fsp3) is 0.857. The van der Waals surface area contributed by atoms with Gasteiger partial charge in [0.05, 0.1) is 6.54 Å². The van der Waals surface area contributed by atoms with E-state index in [0.717, 1.165) is 25.3 Å². The minimum Gasteiger partial charge on any atom is -0.343 e. The maximum Gasteiger partial charge on any atom is 0.245 e. The fourth-order valence-electron chi connectivity index (χ4n) is 3.21. The molecule has 4 nitrogen and oxygen atoms in total. The Hall–Kier alpha value is -1.06. The van der Waals surface area contributed by atoms with Crippen LogP contribution in [0.1, 0.15) is 46.0 Å². The highest BCUT2D eigenvalue weighted by molar-refractivity contribution is 5.94. The van der Waals surface area contributed by atoms with E-state index in [2.05, 4.69) is 12.2 Å². The van der Waals surface area contributed by atoms with Crippen LogP contribution in [0.15, 0.2) is 0 Å². The largest absolute Gasteiger partial charge is 0.343 e. The summed E-state index contributed by atoms with van der Waals surface area (Å²) >= 11 is 0. The third-order valence-corrected chi connectivity index (χ3v) is 4.14. The zero-order valence-corrected chi connectivity index (χ0v) is 11.4. The number of nitrogens with zero attached hydrogens (tertiary/aromatic N) is 1. The Morgan fingerprint density at radius 1 is 1.33 bits per heavy atom. The number of rotatable bonds is 4. The van der Waals surface area contributed by atoms with Gasteiger partial charge in [0.1, 0.15) is 6.04 Å². The van der Waals surface area contributed by atoms with Gasteiger partial charge >= 0.3 is 0 Å². The lowest BCUT2D eigenvalue weighted by molar-refractivity contribution is -0.145. The first-order valence-electron chi connectivity index (χ1n) is 7.18. The van der Waals surface area contributed by atoms with Gasteiger partial charge in [0.25, 0.3) is 0 Å². The molecule has 1 aliphatic carbocycles. The Balaban J connectivity index is 1.93. The molecule has 0 aromatic heterocycles. The molecular formula is C14H24N2O2. The standard InChI is InChI=1S/C14H24N2O2/c1-3-4-12-14(18)16(9-13(17)15-12)8-11-6-5-10(2)7-11/h10-12H,3-9H2,1-2H3,(H,15,17). The normalized spacial score (nSPS) is 32.8. The molecule has 2 rings (SSSR count). The van der Waals surface area contributed by atoms with Crippen molar-refractivity contribution >= 4 is 11.8 Å². The van der Waals surface area contributed by atoms with Crippen molar-refractivity contribution in [2.24, 2.45) is 11.8 Å². The van der Waals surface area contributed by atoms with Gasteiger partial charge < -0.3 is 10.2 Å². The summed E-state index contributed by atoms with van der Waals surface area (Å²) in [6.07, 6.45) is 5.33. The summed E-state index contributed by atoms with van der Waals surface area (Å²) in [6.45, 7) is 5.34. The van der Waals surface area contributed by atoms with E-state index in [-0.39, 0.29) is 24.4 Å². The van der Waals surface area contributed by atoms with E-state index in [4.69, 9.17) is 0 Å². The first kappa shape index (κ1) is 13.4. The molecule has 3 unspecified atom stereocenters. The predicted molar refractivity (Wildman–Crippen MR) is 69.9 cm³/mol. The van der Waals surface area contributed by atoms with Crippen LogP contribution in [0.3, 0.4) is 0 Å². The molecule has 102 valence electrons. The fourth-order valence-corrected chi connectivity index (χ4v) is 3.21. The summed E-state index contributed by atoms with van der Waals surface area (Å²) in [4.78, 5) is 25.7. The van der Waals surface area contributed by atoms with Gasteiger partial charge in [-0.05, 0) is 31.1 Å². The van der Waals surface area contributed by atoms with Gasteiger partial charge in [-0.15, -0.1) is 0 Å². The monoisotopic (exact) mass is 252 g/mol. The van der Waals surface area contributed by atoms with Crippen molar-refractivity contribution in [3.05, 3.63) is 0 Å². The minimum absolute atomic E-state index is 0.000838. The van der Waals surface area contributed by atoms with E-state index < -0.39 is 0 Å². The third-order valence-electron chi connectivity index (χ3n) is 4.14. The molecule has 2 fully saturated rings. The molecule has 1 saturated heterocycles. The first-order chi connectivity index (χ1) is 8.60. The van der Waals surface area contributed by atoms with E-state index >= 15 is 0 Å². The van der Waals surface area contributed by atoms with Gasteiger partial charge in [0.2, 0.25) is 11.8 Å². The van der Waals surface area contributed by atoms with E-state index in [1.807, 2.05) is 6.92 Å². The van der Waals surface area contributed by atoms with Crippen molar-refractivity contribution in [3.63, 3.8) is 0 Å². The number of hydrogen-bond acceptors (Lipinski definition) is 2. The number of carbonyl (C=O) groups is 2. The van der Waals surface area contributed by atoms with Crippen molar-refractivity contribution in [1.82, 2.24) is 10.2 Å². The Morgan fingerprint density at radius 3 is 2.72 bits per heavy atom. The van der Waals surface area contributed by atoms with Gasteiger partial charge in [0, 0.05) is 6.54 Å². The molecule has 0 aromatic carbocycles. The van der Waals surface area contributed by atoms with E-state index in [0.29, 0.717) is 5.92 Å². The summed E-state index contributed by atoms with van der Waals surface area (Å²) in [6, 6.07) is -0.282.